The van der Waals surface area contributed by atoms with Crippen LogP contribution in [0.15, 0.2) is 52.3 Å². The monoisotopic (exact) mass is 456 g/mol. The van der Waals surface area contributed by atoms with E-state index in [0.29, 0.717) is 22.0 Å². The maximum atomic E-state index is 12.6. The van der Waals surface area contributed by atoms with Gasteiger partial charge in [0.15, 0.2) is 10.9 Å². The Balaban J connectivity index is 1.53. The number of fused-ring (bicyclic) bond motifs is 1. The van der Waals surface area contributed by atoms with Crippen molar-refractivity contribution in [3.8, 4) is 17.0 Å². The first-order chi connectivity index (χ1) is 13.3. The topological polar surface area (TPSA) is 68.3 Å². The number of hydrogen-bond acceptors (Lipinski definition) is 5. The summed E-state index contributed by atoms with van der Waals surface area (Å²) in [6.07, 6.45) is 0.286. The molecule has 28 heavy (non-hydrogen) atoms. The highest BCUT2D eigenvalue weighted by atomic mass is 79.9. The van der Waals surface area contributed by atoms with Crippen molar-refractivity contribution in [3.63, 3.8) is 0 Å². The van der Waals surface area contributed by atoms with Gasteiger partial charge >= 0.3 is 0 Å². The summed E-state index contributed by atoms with van der Waals surface area (Å²) in [7, 11) is 0. The fourth-order valence-corrected chi connectivity index (χ4v) is 4.03. The number of hydrogen-bond donors (Lipinski definition) is 1. The van der Waals surface area contributed by atoms with Crippen LogP contribution in [0, 0.1) is 0 Å². The molecule has 4 rings (SSSR count). The molecule has 1 aromatic heterocycles. The molecule has 0 saturated carbocycles. The zero-order valence-electron chi connectivity index (χ0n) is 15.3. The number of Topliss-reactive ketones (excluding diaryl/α,β-unsaturated/α-hetero) is 1. The lowest BCUT2D eigenvalue weighted by molar-refractivity contribution is 0.0620. The molecule has 0 aliphatic carbocycles. The normalized spacial score (nSPS) is 14.9. The van der Waals surface area contributed by atoms with Crippen molar-refractivity contribution < 1.29 is 14.3 Å². The van der Waals surface area contributed by atoms with E-state index in [1.807, 2.05) is 43.5 Å². The Hall–Kier alpha value is -2.51. The summed E-state index contributed by atoms with van der Waals surface area (Å²) in [4.78, 5) is 29.5. The molecule has 1 N–H and O–H groups in total. The number of halogens is 1. The third-order valence-corrected chi connectivity index (χ3v) is 5.67. The minimum Gasteiger partial charge on any atom is -0.487 e. The van der Waals surface area contributed by atoms with Crippen LogP contribution >= 0.6 is 27.3 Å². The molecular formula is C21H17BrN2O3S. The van der Waals surface area contributed by atoms with Crippen LogP contribution in [0.2, 0.25) is 0 Å². The van der Waals surface area contributed by atoms with Crippen LogP contribution in [0.3, 0.4) is 0 Å². The summed E-state index contributed by atoms with van der Waals surface area (Å²) in [5, 5.41) is 5.20. The van der Waals surface area contributed by atoms with Crippen molar-refractivity contribution in [2.24, 2.45) is 0 Å². The molecule has 0 atom stereocenters. The van der Waals surface area contributed by atoms with E-state index in [2.05, 4.69) is 26.2 Å². The van der Waals surface area contributed by atoms with Crippen molar-refractivity contribution in [2.45, 2.75) is 25.9 Å². The average molecular weight is 457 g/mol. The minimum absolute atomic E-state index is 0.0207. The molecular weight excluding hydrogens is 440 g/mol. The van der Waals surface area contributed by atoms with Crippen LogP contribution in [0.25, 0.3) is 11.3 Å². The second-order valence-electron chi connectivity index (χ2n) is 7.17. The number of carbonyl (C=O) groups excluding carboxylic acids is 2. The van der Waals surface area contributed by atoms with Crippen LogP contribution in [0.4, 0.5) is 5.13 Å². The number of nitrogens with one attached hydrogen (secondary N) is 1. The number of aromatic nitrogens is 1. The van der Waals surface area contributed by atoms with Crippen molar-refractivity contribution >= 4 is 44.1 Å². The van der Waals surface area contributed by atoms with E-state index in [4.69, 9.17) is 4.74 Å². The van der Waals surface area contributed by atoms with E-state index in [-0.39, 0.29) is 18.1 Å². The van der Waals surface area contributed by atoms with Crippen LogP contribution in [-0.4, -0.2) is 22.3 Å². The van der Waals surface area contributed by atoms with Gasteiger partial charge in [-0.2, -0.15) is 0 Å². The molecule has 0 unspecified atom stereocenters. The predicted octanol–water partition coefficient (Wildman–Crippen LogP) is 5.57. The number of carbonyl (C=O) groups is 2. The summed E-state index contributed by atoms with van der Waals surface area (Å²) in [5.41, 5.74) is 2.08. The van der Waals surface area contributed by atoms with Crippen LogP contribution in [-0.2, 0) is 0 Å². The third-order valence-electron chi connectivity index (χ3n) is 4.38. The fraction of sp³-hybridized carbons (Fsp3) is 0.190. The SMILES string of the molecule is CC1(C)CC(=O)c2cc(C(=O)Nc3nc(-c4ccc(Br)cc4)cs3)ccc2O1. The van der Waals surface area contributed by atoms with Gasteiger partial charge in [-0.1, -0.05) is 28.1 Å². The van der Waals surface area contributed by atoms with E-state index in [0.717, 1.165) is 15.7 Å². The number of nitrogens with zero attached hydrogens (tertiary/aromatic N) is 1. The number of anilines is 1. The molecule has 3 aromatic rings. The maximum Gasteiger partial charge on any atom is 0.257 e. The Labute approximate surface area is 174 Å². The summed E-state index contributed by atoms with van der Waals surface area (Å²) in [6.45, 7) is 3.75. The molecule has 2 aromatic carbocycles. The second kappa shape index (κ2) is 7.14. The highest BCUT2D eigenvalue weighted by molar-refractivity contribution is 9.10. The van der Waals surface area contributed by atoms with Gasteiger partial charge in [0.1, 0.15) is 11.4 Å². The van der Waals surface area contributed by atoms with Crippen molar-refractivity contribution in [1.82, 2.24) is 4.98 Å². The van der Waals surface area contributed by atoms with Crippen LogP contribution < -0.4 is 10.1 Å². The first-order valence-electron chi connectivity index (χ1n) is 8.70. The van der Waals surface area contributed by atoms with Gasteiger partial charge in [-0.3, -0.25) is 14.9 Å². The Bertz CT molecular complexity index is 1070. The standard InChI is InChI=1S/C21H17BrN2O3S/c1-21(2)10-17(25)15-9-13(5-8-18(15)27-21)19(26)24-20-23-16(11-28-20)12-3-6-14(22)7-4-12/h3-9,11H,10H2,1-2H3,(H,23,24,26). The van der Waals surface area contributed by atoms with E-state index >= 15 is 0 Å². The molecule has 1 amide bonds. The smallest absolute Gasteiger partial charge is 0.257 e. The summed E-state index contributed by atoms with van der Waals surface area (Å²) >= 11 is 4.76. The molecule has 0 radical (unpaired) electrons. The summed E-state index contributed by atoms with van der Waals surface area (Å²) in [6, 6.07) is 12.7. The quantitative estimate of drug-likeness (QED) is 0.559. The Morgan fingerprint density at radius 3 is 2.71 bits per heavy atom. The number of thiazole rings is 1. The lowest BCUT2D eigenvalue weighted by Crippen LogP contribution is -2.36. The predicted molar refractivity (Wildman–Crippen MR) is 113 cm³/mol. The molecule has 0 fully saturated rings. The first kappa shape index (κ1) is 18.8. The van der Waals surface area contributed by atoms with Gasteiger partial charge in [0.05, 0.1) is 17.7 Å². The van der Waals surface area contributed by atoms with Gasteiger partial charge in [-0.25, -0.2) is 4.98 Å². The van der Waals surface area contributed by atoms with Gasteiger partial charge < -0.3 is 4.74 Å². The Kier molecular flexibility index (Phi) is 4.81. The Morgan fingerprint density at radius 2 is 1.96 bits per heavy atom. The lowest BCUT2D eigenvalue weighted by Gasteiger charge is -2.31. The molecule has 1 aliphatic rings. The van der Waals surface area contributed by atoms with Gasteiger partial charge in [0.2, 0.25) is 0 Å². The molecule has 142 valence electrons. The van der Waals surface area contributed by atoms with Gasteiger partial charge in [0, 0.05) is 21.0 Å². The minimum atomic E-state index is -0.530. The zero-order chi connectivity index (χ0) is 19.9. The van der Waals surface area contributed by atoms with Crippen molar-refractivity contribution in [3.05, 3.63) is 63.4 Å². The third kappa shape index (κ3) is 3.86. The van der Waals surface area contributed by atoms with Crippen LogP contribution in [0.5, 0.6) is 5.75 Å². The first-order valence-corrected chi connectivity index (χ1v) is 10.4. The summed E-state index contributed by atoms with van der Waals surface area (Å²) < 4.78 is 6.83. The molecule has 2 heterocycles. The molecule has 7 heteroatoms. The maximum absolute atomic E-state index is 12.6. The fourth-order valence-electron chi connectivity index (χ4n) is 3.05. The average Bonchev–Trinajstić information content (AvgIpc) is 3.09. The number of ether oxygens (including phenoxy) is 1. The van der Waals surface area contributed by atoms with Crippen molar-refractivity contribution in [2.75, 3.05) is 5.32 Å². The highest BCUT2D eigenvalue weighted by Crippen LogP contribution is 2.34. The molecule has 0 spiro atoms. The van der Waals surface area contributed by atoms with E-state index in [1.165, 1.54) is 11.3 Å². The molecule has 5 nitrogen and oxygen atoms in total. The number of rotatable bonds is 3. The number of amides is 1. The zero-order valence-corrected chi connectivity index (χ0v) is 17.7. The largest absolute Gasteiger partial charge is 0.487 e. The number of benzene rings is 2. The molecule has 0 bridgehead atoms. The van der Waals surface area contributed by atoms with Crippen molar-refractivity contribution in [1.29, 1.82) is 0 Å². The number of ketones is 1. The summed E-state index contributed by atoms with van der Waals surface area (Å²) in [5.74, 6) is 0.189. The Morgan fingerprint density at radius 1 is 1.21 bits per heavy atom. The lowest BCUT2D eigenvalue weighted by atomic mass is 9.92. The van der Waals surface area contributed by atoms with E-state index < -0.39 is 5.60 Å². The highest BCUT2D eigenvalue weighted by Gasteiger charge is 2.32. The van der Waals surface area contributed by atoms with E-state index in [9.17, 15) is 9.59 Å². The molecule has 0 saturated heterocycles. The second-order valence-corrected chi connectivity index (χ2v) is 8.95. The van der Waals surface area contributed by atoms with Gasteiger partial charge in [0.25, 0.3) is 5.91 Å². The van der Waals surface area contributed by atoms with E-state index in [1.54, 1.807) is 18.2 Å². The van der Waals surface area contributed by atoms with Gasteiger partial charge in [-0.15, -0.1) is 11.3 Å². The van der Waals surface area contributed by atoms with Gasteiger partial charge in [-0.05, 0) is 44.2 Å². The van der Waals surface area contributed by atoms with Crippen LogP contribution in [0.1, 0.15) is 41.0 Å². The molecule has 1 aliphatic heterocycles.